The highest BCUT2D eigenvalue weighted by Crippen LogP contribution is 2.43. The third-order valence-corrected chi connectivity index (χ3v) is 5.03. The Labute approximate surface area is 89.5 Å². The molecule has 0 saturated heterocycles. The molecule has 0 aromatic heterocycles. The van der Waals surface area contributed by atoms with Crippen LogP contribution in [0.4, 0.5) is 0 Å². The van der Waals surface area contributed by atoms with Gasteiger partial charge in [0, 0.05) is 0 Å². The zero-order valence-corrected chi connectivity index (χ0v) is 9.97. The molecule has 0 heterocycles. The third kappa shape index (κ3) is 2.15. The minimum Gasteiger partial charge on any atom is -0.0622 e. The van der Waals surface area contributed by atoms with E-state index in [1.807, 2.05) is 0 Å². The molecule has 0 aliphatic heterocycles. The van der Waals surface area contributed by atoms with Crippen LogP contribution in [0.2, 0.25) is 0 Å². The smallest absolute Gasteiger partial charge is 0.0358 e. The second-order valence-electron chi connectivity index (χ2n) is 5.83. The van der Waals surface area contributed by atoms with Crippen molar-refractivity contribution in [3.63, 3.8) is 0 Å². The molecule has 0 radical (unpaired) electrons. The topological polar surface area (TPSA) is 0 Å². The zero-order valence-electron chi connectivity index (χ0n) is 9.97. The quantitative estimate of drug-likeness (QED) is 0.570. The fourth-order valence-electron chi connectivity index (χ4n) is 3.85. The average molecular weight is 194 g/mol. The molecule has 2 aliphatic rings. The van der Waals surface area contributed by atoms with Gasteiger partial charge in [0.05, 0.1) is 0 Å². The highest BCUT2D eigenvalue weighted by atomic mass is 14.4. The van der Waals surface area contributed by atoms with Gasteiger partial charge in [0.2, 0.25) is 0 Å². The van der Waals surface area contributed by atoms with Crippen molar-refractivity contribution in [3.05, 3.63) is 0 Å². The van der Waals surface area contributed by atoms with Crippen LogP contribution in [0.3, 0.4) is 0 Å². The maximum absolute atomic E-state index is 2.52. The van der Waals surface area contributed by atoms with Crippen molar-refractivity contribution in [1.29, 1.82) is 0 Å². The van der Waals surface area contributed by atoms with Crippen LogP contribution in [0.1, 0.15) is 65.2 Å². The first kappa shape index (κ1) is 10.5. The molecular weight excluding hydrogens is 168 g/mol. The van der Waals surface area contributed by atoms with Gasteiger partial charge in [-0.05, 0) is 30.1 Å². The maximum Gasteiger partial charge on any atom is -0.0358 e. The van der Waals surface area contributed by atoms with Crippen molar-refractivity contribution in [2.75, 3.05) is 0 Å². The molecule has 2 aliphatic carbocycles. The standard InChI is InChI=1S/C14H26/c1-11-7-6-10-14(12(11)2)13-8-4-3-5-9-13/h11-14H,3-10H2,1-2H3. The molecule has 0 N–H and O–H groups in total. The Morgan fingerprint density at radius 1 is 0.714 bits per heavy atom. The summed E-state index contributed by atoms with van der Waals surface area (Å²) in [5.74, 6) is 4.18. The normalized spacial score (nSPS) is 41.1. The summed E-state index contributed by atoms with van der Waals surface area (Å²) in [6.45, 7) is 4.99. The Kier molecular flexibility index (Phi) is 3.52. The third-order valence-electron chi connectivity index (χ3n) is 5.03. The minimum atomic E-state index is 0.996. The molecule has 82 valence electrons. The second kappa shape index (κ2) is 4.68. The van der Waals surface area contributed by atoms with Crippen LogP contribution in [0, 0.1) is 23.7 Å². The lowest BCUT2D eigenvalue weighted by molar-refractivity contribution is 0.0998. The van der Waals surface area contributed by atoms with Gasteiger partial charge in [-0.3, -0.25) is 0 Å². The van der Waals surface area contributed by atoms with Crippen LogP contribution in [-0.4, -0.2) is 0 Å². The molecule has 0 bridgehead atoms. The van der Waals surface area contributed by atoms with Crippen molar-refractivity contribution in [3.8, 4) is 0 Å². The SMILES string of the molecule is CC1CCCC(C2CCCCC2)C1C. The molecule has 0 nitrogen and oxygen atoms in total. The molecule has 2 rings (SSSR count). The molecule has 14 heavy (non-hydrogen) atoms. The van der Waals surface area contributed by atoms with E-state index in [-0.39, 0.29) is 0 Å². The van der Waals surface area contributed by atoms with Crippen LogP contribution >= 0.6 is 0 Å². The van der Waals surface area contributed by atoms with Gasteiger partial charge >= 0.3 is 0 Å². The van der Waals surface area contributed by atoms with Crippen molar-refractivity contribution in [2.24, 2.45) is 23.7 Å². The van der Waals surface area contributed by atoms with E-state index in [2.05, 4.69) is 13.8 Å². The lowest BCUT2D eigenvalue weighted by atomic mass is 9.65. The molecule has 3 atom stereocenters. The Morgan fingerprint density at radius 2 is 1.43 bits per heavy atom. The van der Waals surface area contributed by atoms with Gasteiger partial charge in [0.25, 0.3) is 0 Å². The molecule has 0 spiro atoms. The van der Waals surface area contributed by atoms with Gasteiger partial charge in [-0.1, -0.05) is 58.8 Å². The maximum atomic E-state index is 2.52. The molecule has 2 fully saturated rings. The minimum absolute atomic E-state index is 0.996. The number of hydrogen-bond donors (Lipinski definition) is 0. The average Bonchev–Trinajstić information content (AvgIpc) is 2.23. The van der Waals surface area contributed by atoms with E-state index in [4.69, 9.17) is 0 Å². The largest absolute Gasteiger partial charge is 0.0622 e. The van der Waals surface area contributed by atoms with Crippen molar-refractivity contribution >= 4 is 0 Å². The second-order valence-corrected chi connectivity index (χ2v) is 5.83. The molecular formula is C14H26. The van der Waals surface area contributed by atoms with E-state index < -0.39 is 0 Å². The van der Waals surface area contributed by atoms with Crippen molar-refractivity contribution < 1.29 is 0 Å². The van der Waals surface area contributed by atoms with Crippen LogP contribution in [0.15, 0.2) is 0 Å². The zero-order chi connectivity index (χ0) is 9.97. The molecule has 0 amide bonds. The van der Waals surface area contributed by atoms with Gasteiger partial charge in [-0.15, -0.1) is 0 Å². The van der Waals surface area contributed by atoms with E-state index in [0.717, 1.165) is 23.7 Å². The Morgan fingerprint density at radius 3 is 2.14 bits per heavy atom. The summed E-state index contributed by atoms with van der Waals surface area (Å²) in [7, 11) is 0. The fourth-order valence-corrected chi connectivity index (χ4v) is 3.85. The van der Waals surface area contributed by atoms with Crippen molar-refractivity contribution in [2.45, 2.75) is 65.2 Å². The van der Waals surface area contributed by atoms with Gasteiger partial charge in [-0.2, -0.15) is 0 Å². The van der Waals surface area contributed by atoms with Crippen LogP contribution in [0.5, 0.6) is 0 Å². The summed E-state index contributed by atoms with van der Waals surface area (Å²) in [5.41, 5.74) is 0. The first-order valence-electron chi connectivity index (χ1n) is 6.79. The fraction of sp³-hybridized carbons (Fsp3) is 1.00. The van der Waals surface area contributed by atoms with E-state index in [1.165, 1.54) is 38.5 Å². The molecule has 0 aromatic carbocycles. The van der Waals surface area contributed by atoms with E-state index in [1.54, 1.807) is 12.8 Å². The van der Waals surface area contributed by atoms with Crippen LogP contribution in [0.25, 0.3) is 0 Å². The molecule has 0 heteroatoms. The Balaban J connectivity index is 1.93. The highest BCUT2D eigenvalue weighted by Gasteiger charge is 2.33. The van der Waals surface area contributed by atoms with Crippen LogP contribution in [-0.2, 0) is 0 Å². The Bertz CT molecular complexity index is 167. The van der Waals surface area contributed by atoms with E-state index in [0.29, 0.717) is 0 Å². The van der Waals surface area contributed by atoms with Gasteiger partial charge in [0.15, 0.2) is 0 Å². The van der Waals surface area contributed by atoms with Gasteiger partial charge < -0.3 is 0 Å². The van der Waals surface area contributed by atoms with Crippen LogP contribution < -0.4 is 0 Å². The first-order valence-corrected chi connectivity index (χ1v) is 6.79. The predicted molar refractivity (Wildman–Crippen MR) is 62.2 cm³/mol. The Hall–Kier alpha value is 0. The molecule has 3 unspecified atom stereocenters. The van der Waals surface area contributed by atoms with Crippen molar-refractivity contribution in [1.82, 2.24) is 0 Å². The summed E-state index contributed by atoms with van der Waals surface area (Å²) in [6.07, 6.45) is 12.2. The molecule has 0 aromatic rings. The lowest BCUT2D eigenvalue weighted by Crippen LogP contribution is -2.31. The monoisotopic (exact) mass is 194 g/mol. The molecule has 2 saturated carbocycles. The summed E-state index contributed by atoms with van der Waals surface area (Å²) >= 11 is 0. The number of hydrogen-bond acceptors (Lipinski definition) is 0. The summed E-state index contributed by atoms with van der Waals surface area (Å²) in [6, 6.07) is 0. The van der Waals surface area contributed by atoms with Gasteiger partial charge in [-0.25, -0.2) is 0 Å². The van der Waals surface area contributed by atoms with Gasteiger partial charge in [0.1, 0.15) is 0 Å². The highest BCUT2D eigenvalue weighted by molar-refractivity contribution is 4.83. The lowest BCUT2D eigenvalue weighted by Gasteiger charge is -2.40. The number of rotatable bonds is 1. The first-order chi connectivity index (χ1) is 6.79. The van der Waals surface area contributed by atoms with E-state index in [9.17, 15) is 0 Å². The summed E-state index contributed by atoms with van der Waals surface area (Å²) < 4.78 is 0. The predicted octanol–water partition coefficient (Wildman–Crippen LogP) is 4.64. The summed E-state index contributed by atoms with van der Waals surface area (Å²) in [5, 5.41) is 0. The summed E-state index contributed by atoms with van der Waals surface area (Å²) in [4.78, 5) is 0. The van der Waals surface area contributed by atoms with E-state index >= 15 is 0 Å².